The van der Waals surface area contributed by atoms with Gasteiger partial charge in [-0.15, -0.1) is 0 Å². The lowest BCUT2D eigenvalue weighted by atomic mass is 10.1. The number of benzene rings is 1. The molecule has 0 aliphatic carbocycles. The van der Waals surface area contributed by atoms with E-state index in [-0.39, 0.29) is 0 Å². The summed E-state index contributed by atoms with van der Waals surface area (Å²) in [7, 11) is 0. The fourth-order valence-electron chi connectivity index (χ4n) is 1.25. The molecule has 2 rings (SSSR count). The van der Waals surface area contributed by atoms with Crippen LogP contribution in [0.2, 0.25) is 10.0 Å². The number of hydrogen-bond acceptors (Lipinski definition) is 2. The highest BCUT2D eigenvalue weighted by atomic mass is 79.9. The third kappa shape index (κ3) is 2.01. The zero-order chi connectivity index (χ0) is 10.1. The highest BCUT2D eigenvalue weighted by Crippen LogP contribution is 2.36. The quantitative estimate of drug-likeness (QED) is 0.819. The minimum absolute atomic E-state index is 0.463. The van der Waals surface area contributed by atoms with E-state index >= 15 is 0 Å². The van der Waals surface area contributed by atoms with Crippen LogP contribution < -0.4 is 10.6 Å². The normalized spacial score (nSPS) is 16.5. The number of nitrogens with one attached hydrogen (secondary N) is 2. The van der Waals surface area contributed by atoms with Crippen molar-refractivity contribution in [2.45, 2.75) is 6.04 Å². The number of rotatable bonds is 2. The number of halogens is 3. The molecule has 1 aliphatic heterocycles. The second-order valence-corrected chi connectivity index (χ2v) is 4.83. The monoisotopic (exact) mass is 294 g/mol. The highest BCUT2D eigenvalue weighted by molar-refractivity contribution is 9.10. The van der Waals surface area contributed by atoms with E-state index in [9.17, 15) is 0 Å². The molecule has 0 aromatic heterocycles. The molecule has 1 aromatic carbocycles. The van der Waals surface area contributed by atoms with Crippen LogP contribution >= 0.6 is 39.1 Å². The molecule has 0 amide bonds. The molecule has 1 aliphatic rings. The highest BCUT2D eigenvalue weighted by Gasteiger charge is 2.18. The van der Waals surface area contributed by atoms with Gasteiger partial charge >= 0.3 is 0 Å². The molecule has 14 heavy (non-hydrogen) atoms. The van der Waals surface area contributed by atoms with E-state index in [4.69, 9.17) is 23.2 Å². The molecule has 5 heteroatoms. The predicted molar refractivity (Wildman–Crippen MR) is 64.4 cm³/mol. The largest absolute Gasteiger partial charge is 0.378 e. The van der Waals surface area contributed by atoms with Crippen LogP contribution in [0.15, 0.2) is 16.6 Å². The van der Waals surface area contributed by atoms with Crippen molar-refractivity contribution < 1.29 is 0 Å². The fraction of sp³-hybridized carbons (Fsp3) is 0.333. The van der Waals surface area contributed by atoms with Gasteiger partial charge in [0.15, 0.2) is 0 Å². The zero-order valence-corrected chi connectivity index (χ0v) is 10.4. The van der Waals surface area contributed by atoms with Gasteiger partial charge in [0, 0.05) is 17.6 Å². The van der Waals surface area contributed by atoms with Crippen LogP contribution in [0.1, 0.15) is 0 Å². The lowest BCUT2D eigenvalue weighted by Crippen LogP contribution is -2.51. The van der Waals surface area contributed by atoms with Crippen LogP contribution in [-0.4, -0.2) is 19.1 Å². The SMILES string of the molecule is Clc1c(Br)ccc(NC2CNC2)c1Cl. The maximum atomic E-state index is 6.08. The Morgan fingerprint density at radius 1 is 1.29 bits per heavy atom. The molecule has 76 valence electrons. The predicted octanol–water partition coefficient (Wildman–Crippen LogP) is 3.14. The molecule has 2 N–H and O–H groups in total. The second-order valence-electron chi connectivity index (χ2n) is 3.22. The summed E-state index contributed by atoms with van der Waals surface area (Å²) in [5, 5.41) is 7.63. The minimum Gasteiger partial charge on any atom is -0.378 e. The van der Waals surface area contributed by atoms with Gasteiger partial charge in [-0.2, -0.15) is 0 Å². The van der Waals surface area contributed by atoms with Crippen molar-refractivity contribution in [3.8, 4) is 0 Å². The van der Waals surface area contributed by atoms with Gasteiger partial charge in [0.2, 0.25) is 0 Å². The summed E-state index contributed by atoms with van der Waals surface area (Å²) in [6.07, 6.45) is 0. The van der Waals surface area contributed by atoms with Crippen molar-refractivity contribution in [1.82, 2.24) is 5.32 Å². The summed E-state index contributed by atoms with van der Waals surface area (Å²) in [4.78, 5) is 0. The Labute approximate surface area is 101 Å². The van der Waals surface area contributed by atoms with Crippen molar-refractivity contribution in [3.05, 3.63) is 26.7 Å². The van der Waals surface area contributed by atoms with E-state index in [1.807, 2.05) is 12.1 Å². The van der Waals surface area contributed by atoms with Crippen LogP contribution in [0, 0.1) is 0 Å². The van der Waals surface area contributed by atoms with Crippen molar-refractivity contribution in [2.75, 3.05) is 18.4 Å². The summed E-state index contributed by atoms with van der Waals surface area (Å²) in [5.74, 6) is 0. The smallest absolute Gasteiger partial charge is 0.0835 e. The molecular formula is C9H9BrCl2N2. The topological polar surface area (TPSA) is 24.1 Å². The molecule has 0 spiro atoms. The van der Waals surface area contributed by atoms with Crippen molar-refractivity contribution in [1.29, 1.82) is 0 Å². The summed E-state index contributed by atoms with van der Waals surface area (Å²) in [6, 6.07) is 4.28. The number of hydrogen-bond donors (Lipinski definition) is 2. The van der Waals surface area contributed by atoms with Crippen LogP contribution in [0.5, 0.6) is 0 Å². The van der Waals surface area contributed by atoms with Gasteiger partial charge in [0.05, 0.1) is 21.8 Å². The average molecular weight is 296 g/mol. The molecule has 2 nitrogen and oxygen atoms in total. The Morgan fingerprint density at radius 3 is 2.57 bits per heavy atom. The van der Waals surface area contributed by atoms with Crippen LogP contribution in [-0.2, 0) is 0 Å². The molecule has 1 saturated heterocycles. The first-order valence-electron chi connectivity index (χ1n) is 4.29. The van der Waals surface area contributed by atoms with E-state index in [0.29, 0.717) is 16.1 Å². The Hall–Kier alpha value is 0.0400. The minimum atomic E-state index is 0.463. The summed E-state index contributed by atoms with van der Waals surface area (Å²) in [6.45, 7) is 1.95. The molecule has 0 saturated carbocycles. The lowest BCUT2D eigenvalue weighted by molar-refractivity contribution is 0.472. The van der Waals surface area contributed by atoms with Crippen molar-refractivity contribution in [2.24, 2.45) is 0 Å². The maximum absolute atomic E-state index is 6.08. The van der Waals surface area contributed by atoms with Crippen LogP contribution in [0.25, 0.3) is 0 Å². The first kappa shape index (κ1) is 10.6. The van der Waals surface area contributed by atoms with Crippen LogP contribution in [0.4, 0.5) is 5.69 Å². The second kappa shape index (κ2) is 4.27. The average Bonchev–Trinajstić information content (AvgIpc) is 2.10. The Balaban J connectivity index is 2.20. The Bertz CT molecular complexity index is 353. The van der Waals surface area contributed by atoms with Gasteiger partial charge in [-0.1, -0.05) is 23.2 Å². The molecule has 0 radical (unpaired) electrons. The molecular weight excluding hydrogens is 287 g/mol. The maximum Gasteiger partial charge on any atom is 0.0835 e. The van der Waals surface area contributed by atoms with Crippen LogP contribution in [0.3, 0.4) is 0 Å². The molecule has 0 unspecified atom stereocenters. The zero-order valence-electron chi connectivity index (χ0n) is 7.28. The Morgan fingerprint density at radius 2 is 2.00 bits per heavy atom. The molecule has 1 aromatic rings. The summed E-state index contributed by atoms with van der Waals surface area (Å²) >= 11 is 15.4. The first-order chi connectivity index (χ1) is 6.68. The van der Waals surface area contributed by atoms with Gasteiger partial charge in [-0.25, -0.2) is 0 Å². The lowest BCUT2D eigenvalue weighted by Gasteiger charge is -2.29. The van der Waals surface area contributed by atoms with Gasteiger partial charge in [-0.3, -0.25) is 0 Å². The van der Waals surface area contributed by atoms with Gasteiger partial charge in [0.25, 0.3) is 0 Å². The number of anilines is 1. The van der Waals surface area contributed by atoms with E-state index < -0.39 is 0 Å². The summed E-state index contributed by atoms with van der Waals surface area (Å²) in [5.41, 5.74) is 0.895. The third-order valence-electron chi connectivity index (χ3n) is 2.18. The van der Waals surface area contributed by atoms with Gasteiger partial charge in [-0.05, 0) is 28.1 Å². The van der Waals surface area contributed by atoms with E-state index in [1.165, 1.54) is 0 Å². The van der Waals surface area contributed by atoms with E-state index in [1.54, 1.807) is 0 Å². The van der Waals surface area contributed by atoms with Gasteiger partial charge < -0.3 is 10.6 Å². The molecule has 1 fully saturated rings. The van der Waals surface area contributed by atoms with E-state index in [2.05, 4.69) is 26.6 Å². The standard InChI is InChI=1S/C9H9BrCl2N2/c10-6-1-2-7(9(12)8(6)11)14-5-3-13-4-5/h1-2,5,13-14H,3-4H2. The Kier molecular flexibility index (Phi) is 3.22. The summed E-state index contributed by atoms with van der Waals surface area (Å²) < 4.78 is 0.821. The van der Waals surface area contributed by atoms with Crippen molar-refractivity contribution in [3.63, 3.8) is 0 Å². The third-order valence-corrected chi connectivity index (χ3v) is 3.95. The molecule has 0 bridgehead atoms. The first-order valence-corrected chi connectivity index (χ1v) is 5.84. The fourth-order valence-corrected chi connectivity index (χ4v) is 2.08. The molecule has 1 heterocycles. The van der Waals surface area contributed by atoms with E-state index in [0.717, 1.165) is 23.2 Å². The van der Waals surface area contributed by atoms with Gasteiger partial charge in [0.1, 0.15) is 0 Å². The molecule has 0 atom stereocenters. The van der Waals surface area contributed by atoms with Crippen molar-refractivity contribution >= 4 is 44.8 Å².